The van der Waals surface area contributed by atoms with Crippen molar-refractivity contribution in [1.82, 2.24) is 0 Å². The molecule has 4 heteroatoms. The minimum atomic E-state index is -3.17. The SMILES string of the molecule is CCOP1(=O)OC=CC=C1c1ccccc1. The lowest BCUT2D eigenvalue weighted by Gasteiger charge is -2.21. The molecule has 84 valence electrons. The predicted octanol–water partition coefficient (Wildman–Crippen LogP) is 3.80. The molecule has 0 saturated heterocycles. The van der Waals surface area contributed by atoms with Crippen LogP contribution in [0.25, 0.3) is 5.31 Å². The van der Waals surface area contributed by atoms with Crippen molar-refractivity contribution >= 4 is 12.9 Å². The Morgan fingerprint density at radius 2 is 2.06 bits per heavy atom. The van der Waals surface area contributed by atoms with E-state index in [9.17, 15) is 4.57 Å². The van der Waals surface area contributed by atoms with Crippen molar-refractivity contribution in [1.29, 1.82) is 0 Å². The van der Waals surface area contributed by atoms with Gasteiger partial charge in [-0.05, 0) is 24.6 Å². The minimum Gasteiger partial charge on any atom is -0.429 e. The first-order valence-electron chi connectivity index (χ1n) is 5.12. The van der Waals surface area contributed by atoms with E-state index < -0.39 is 7.60 Å². The summed E-state index contributed by atoms with van der Waals surface area (Å²) in [6, 6.07) is 9.48. The molecule has 1 aromatic carbocycles. The molecule has 1 aliphatic heterocycles. The van der Waals surface area contributed by atoms with E-state index in [2.05, 4.69) is 0 Å². The smallest absolute Gasteiger partial charge is 0.410 e. The van der Waals surface area contributed by atoms with E-state index in [1.165, 1.54) is 6.26 Å². The Hall–Kier alpha value is -1.31. The van der Waals surface area contributed by atoms with Gasteiger partial charge in [0.1, 0.15) is 0 Å². The van der Waals surface area contributed by atoms with Gasteiger partial charge >= 0.3 is 7.60 Å². The molecule has 2 rings (SSSR count). The molecular formula is C12H13O3P. The zero-order valence-electron chi connectivity index (χ0n) is 9.00. The summed E-state index contributed by atoms with van der Waals surface area (Å²) >= 11 is 0. The molecule has 0 spiro atoms. The number of benzene rings is 1. The van der Waals surface area contributed by atoms with Crippen LogP contribution in [0.1, 0.15) is 12.5 Å². The fourth-order valence-corrected chi connectivity index (χ4v) is 3.14. The molecule has 3 nitrogen and oxygen atoms in total. The molecule has 0 aliphatic carbocycles. The average Bonchev–Trinajstić information content (AvgIpc) is 2.31. The van der Waals surface area contributed by atoms with E-state index in [0.29, 0.717) is 11.9 Å². The summed E-state index contributed by atoms with van der Waals surface area (Å²) in [6.07, 6.45) is 4.90. The van der Waals surface area contributed by atoms with Crippen LogP contribution in [-0.2, 0) is 13.6 Å². The van der Waals surface area contributed by atoms with Crippen LogP contribution in [0.5, 0.6) is 0 Å². The van der Waals surface area contributed by atoms with Crippen LogP contribution >= 0.6 is 7.60 Å². The second kappa shape index (κ2) is 4.69. The average molecular weight is 236 g/mol. The molecule has 0 fully saturated rings. The first-order chi connectivity index (χ1) is 7.76. The topological polar surface area (TPSA) is 35.5 Å². The Bertz CT molecular complexity index is 462. The molecule has 1 unspecified atom stereocenters. The summed E-state index contributed by atoms with van der Waals surface area (Å²) in [4.78, 5) is 0. The maximum absolute atomic E-state index is 12.4. The Balaban J connectivity index is 2.41. The van der Waals surface area contributed by atoms with Crippen LogP contribution in [0, 0.1) is 0 Å². The highest BCUT2D eigenvalue weighted by atomic mass is 31.2. The van der Waals surface area contributed by atoms with E-state index in [1.807, 2.05) is 30.3 Å². The van der Waals surface area contributed by atoms with E-state index in [-0.39, 0.29) is 0 Å². The minimum absolute atomic E-state index is 0.356. The summed E-state index contributed by atoms with van der Waals surface area (Å²) in [5.41, 5.74) is 0.864. The third-order valence-corrected chi connectivity index (χ3v) is 4.19. The number of hydrogen-bond donors (Lipinski definition) is 0. The molecule has 0 radical (unpaired) electrons. The van der Waals surface area contributed by atoms with Gasteiger partial charge in [-0.2, -0.15) is 0 Å². The van der Waals surface area contributed by atoms with Gasteiger partial charge in [-0.15, -0.1) is 0 Å². The van der Waals surface area contributed by atoms with Crippen molar-refractivity contribution < 1.29 is 13.6 Å². The summed E-state index contributed by atoms with van der Waals surface area (Å²) < 4.78 is 22.8. The molecule has 0 saturated carbocycles. The summed E-state index contributed by atoms with van der Waals surface area (Å²) in [5.74, 6) is 0. The van der Waals surface area contributed by atoms with Crippen LogP contribution in [0.15, 0.2) is 48.7 Å². The van der Waals surface area contributed by atoms with Gasteiger partial charge in [0.2, 0.25) is 0 Å². The van der Waals surface area contributed by atoms with E-state index in [4.69, 9.17) is 9.05 Å². The fourth-order valence-electron chi connectivity index (χ4n) is 1.53. The van der Waals surface area contributed by atoms with Crippen molar-refractivity contribution in [3.63, 3.8) is 0 Å². The van der Waals surface area contributed by atoms with Crippen molar-refractivity contribution in [3.8, 4) is 0 Å². The van der Waals surface area contributed by atoms with Gasteiger partial charge in [0.25, 0.3) is 0 Å². The van der Waals surface area contributed by atoms with Crippen molar-refractivity contribution in [2.75, 3.05) is 6.61 Å². The van der Waals surface area contributed by atoms with Gasteiger partial charge in [-0.25, -0.2) is 4.57 Å². The Morgan fingerprint density at radius 3 is 2.75 bits per heavy atom. The zero-order chi connectivity index (χ0) is 11.4. The normalized spacial score (nSPS) is 23.7. The third kappa shape index (κ3) is 2.11. The lowest BCUT2D eigenvalue weighted by molar-refractivity contribution is 0.272. The van der Waals surface area contributed by atoms with E-state index in [0.717, 1.165) is 5.56 Å². The standard InChI is InChI=1S/C12H13O3P/c1-2-14-16(13)12(9-6-10-15-16)11-7-4-3-5-8-11/h3-10H,2H2,1H3. The van der Waals surface area contributed by atoms with E-state index >= 15 is 0 Å². The van der Waals surface area contributed by atoms with Crippen molar-refractivity contribution in [2.24, 2.45) is 0 Å². The number of allylic oxidation sites excluding steroid dienone is 2. The highest BCUT2D eigenvalue weighted by molar-refractivity contribution is 7.65. The van der Waals surface area contributed by atoms with Crippen LogP contribution in [0.3, 0.4) is 0 Å². The molecule has 1 aromatic rings. The molecule has 0 aromatic heterocycles. The monoisotopic (exact) mass is 236 g/mol. The van der Waals surface area contributed by atoms with Gasteiger partial charge in [-0.3, -0.25) is 4.52 Å². The lowest BCUT2D eigenvalue weighted by Crippen LogP contribution is -1.97. The first-order valence-corrected chi connectivity index (χ1v) is 6.66. The van der Waals surface area contributed by atoms with Crippen molar-refractivity contribution in [2.45, 2.75) is 6.92 Å². The van der Waals surface area contributed by atoms with Crippen molar-refractivity contribution in [3.05, 3.63) is 54.3 Å². The predicted molar refractivity (Wildman–Crippen MR) is 63.9 cm³/mol. The maximum Gasteiger partial charge on any atom is 0.410 e. The molecule has 1 atom stereocenters. The van der Waals surface area contributed by atoms with Gasteiger partial charge in [-0.1, -0.05) is 30.3 Å². The Morgan fingerprint density at radius 1 is 1.31 bits per heavy atom. The van der Waals surface area contributed by atoms with Crippen LogP contribution in [0.2, 0.25) is 0 Å². The summed E-state index contributed by atoms with van der Waals surface area (Å²) in [7, 11) is -3.17. The molecular weight excluding hydrogens is 223 g/mol. The van der Waals surface area contributed by atoms with Gasteiger partial charge in [0.15, 0.2) is 0 Å². The largest absolute Gasteiger partial charge is 0.429 e. The number of hydrogen-bond acceptors (Lipinski definition) is 3. The molecule has 0 N–H and O–H groups in total. The van der Waals surface area contributed by atoms with Gasteiger partial charge < -0.3 is 4.52 Å². The molecule has 1 heterocycles. The highest BCUT2D eigenvalue weighted by Crippen LogP contribution is 2.61. The first kappa shape index (κ1) is 11.2. The van der Waals surface area contributed by atoms with Crippen LogP contribution in [0.4, 0.5) is 0 Å². The molecule has 16 heavy (non-hydrogen) atoms. The summed E-state index contributed by atoms with van der Waals surface area (Å²) in [6.45, 7) is 2.15. The highest BCUT2D eigenvalue weighted by Gasteiger charge is 2.32. The second-order valence-electron chi connectivity index (χ2n) is 3.27. The van der Waals surface area contributed by atoms with Crippen LogP contribution in [-0.4, -0.2) is 6.61 Å². The Labute approximate surface area is 94.9 Å². The maximum atomic E-state index is 12.4. The third-order valence-electron chi connectivity index (χ3n) is 2.20. The number of rotatable bonds is 3. The molecule has 0 amide bonds. The van der Waals surface area contributed by atoms with Gasteiger partial charge in [0, 0.05) is 0 Å². The zero-order valence-corrected chi connectivity index (χ0v) is 9.89. The fraction of sp³-hybridized carbons (Fsp3) is 0.167. The van der Waals surface area contributed by atoms with Gasteiger partial charge in [0.05, 0.1) is 18.2 Å². The molecule has 1 aliphatic rings. The quantitative estimate of drug-likeness (QED) is 0.749. The Kier molecular flexibility index (Phi) is 3.28. The van der Waals surface area contributed by atoms with E-state index in [1.54, 1.807) is 19.1 Å². The lowest BCUT2D eigenvalue weighted by atomic mass is 10.2. The second-order valence-corrected chi connectivity index (χ2v) is 5.21. The van der Waals surface area contributed by atoms with Crippen LogP contribution < -0.4 is 0 Å². The molecule has 0 bridgehead atoms. The summed E-state index contributed by atoms with van der Waals surface area (Å²) in [5, 5.41) is 0.609.